The van der Waals surface area contributed by atoms with Crippen LogP contribution >= 0.6 is 27.3 Å². The smallest absolute Gasteiger partial charge is 0.185 e. The molecule has 1 unspecified atom stereocenters. The molecular weight excluding hydrogens is 334 g/mol. The highest BCUT2D eigenvalue weighted by Gasteiger charge is 2.11. The van der Waals surface area contributed by atoms with E-state index >= 15 is 0 Å². The molecule has 108 valence electrons. The van der Waals surface area contributed by atoms with Gasteiger partial charge in [-0.15, -0.1) is 11.3 Å². The zero-order chi connectivity index (χ0) is 14.5. The maximum absolute atomic E-state index is 4.72. The van der Waals surface area contributed by atoms with Gasteiger partial charge < -0.3 is 10.2 Å². The Morgan fingerprint density at radius 1 is 1.35 bits per heavy atom. The number of hydrogen-bond donors (Lipinski definition) is 1. The number of nitrogens with zero attached hydrogens (tertiary/aromatic N) is 2. The van der Waals surface area contributed by atoms with Crippen LogP contribution in [0.15, 0.2) is 34.1 Å². The number of hydrogen-bond acceptors (Lipinski definition) is 4. The summed E-state index contributed by atoms with van der Waals surface area (Å²) in [6, 6.07) is 8.73. The second-order valence-electron chi connectivity index (χ2n) is 4.82. The lowest BCUT2D eigenvalue weighted by molar-refractivity contribution is 0.586. The minimum absolute atomic E-state index is 0.311. The highest BCUT2D eigenvalue weighted by molar-refractivity contribution is 9.10. The van der Waals surface area contributed by atoms with Crippen molar-refractivity contribution in [1.29, 1.82) is 0 Å². The summed E-state index contributed by atoms with van der Waals surface area (Å²) in [6.45, 7) is 6.10. The first-order valence-corrected chi connectivity index (χ1v) is 8.41. The summed E-state index contributed by atoms with van der Waals surface area (Å²) in [7, 11) is 2.09. The van der Waals surface area contributed by atoms with Crippen LogP contribution in [0.3, 0.4) is 0 Å². The lowest BCUT2D eigenvalue weighted by atomic mass is 10.2. The molecule has 1 atom stereocenters. The summed E-state index contributed by atoms with van der Waals surface area (Å²) in [4.78, 5) is 6.91. The lowest BCUT2D eigenvalue weighted by Crippen LogP contribution is -2.19. The normalized spacial score (nSPS) is 12.4. The molecule has 2 rings (SSSR count). The molecule has 0 radical (unpaired) electrons. The zero-order valence-electron chi connectivity index (χ0n) is 12.1. The quantitative estimate of drug-likeness (QED) is 0.842. The fourth-order valence-corrected chi connectivity index (χ4v) is 3.14. The van der Waals surface area contributed by atoms with E-state index in [2.05, 4.69) is 76.7 Å². The van der Waals surface area contributed by atoms with Crippen molar-refractivity contribution in [2.24, 2.45) is 0 Å². The molecule has 0 saturated carbocycles. The van der Waals surface area contributed by atoms with Gasteiger partial charge in [0.05, 0.1) is 5.69 Å². The molecule has 0 amide bonds. The SMILES string of the molecule is CCNC(C)c1csc(N(C)Cc2ccc(Br)cc2)n1. The Bertz CT molecular complexity index is 538. The molecule has 1 aromatic carbocycles. The molecule has 0 fully saturated rings. The van der Waals surface area contributed by atoms with E-state index < -0.39 is 0 Å². The van der Waals surface area contributed by atoms with Crippen molar-refractivity contribution in [3.8, 4) is 0 Å². The van der Waals surface area contributed by atoms with Crippen LogP contribution in [0.2, 0.25) is 0 Å². The van der Waals surface area contributed by atoms with Gasteiger partial charge in [-0.2, -0.15) is 0 Å². The highest BCUT2D eigenvalue weighted by Crippen LogP contribution is 2.24. The molecule has 1 N–H and O–H groups in total. The Kier molecular flexibility index (Phi) is 5.57. The van der Waals surface area contributed by atoms with Gasteiger partial charge >= 0.3 is 0 Å². The van der Waals surface area contributed by atoms with Crippen molar-refractivity contribution < 1.29 is 0 Å². The van der Waals surface area contributed by atoms with Crippen molar-refractivity contribution in [1.82, 2.24) is 10.3 Å². The van der Waals surface area contributed by atoms with Crippen LogP contribution < -0.4 is 10.2 Å². The van der Waals surface area contributed by atoms with E-state index in [4.69, 9.17) is 4.98 Å². The third-order valence-electron chi connectivity index (χ3n) is 3.12. The number of thiazole rings is 1. The maximum Gasteiger partial charge on any atom is 0.185 e. The van der Waals surface area contributed by atoms with Crippen LogP contribution in [-0.2, 0) is 6.54 Å². The monoisotopic (exact) mass is 353 g/mol. The van der Waals surface area contributed by atoms with Crippen molar-refractivity contribution in [2.45, 2.75) is 26.4 Å². The molecule has 3 nitrogen and oxygen atoms in total. The van der Waals surface area contributed by atoms with E-state index in [0.29, 0.717) is 6.04 Å². The summed E-state index contributed by atoms with van der Waals surface area (Å²) >= 11 is 5.16. The molecule has 0 spiro atoms. The standard InChI is InChI=1S/C15H20BrN3S/c1-4-17-11(2)14-10-20-15(18-14)19(3)9-12-5-7-13(16)8-6-12/h5-8,10-11,17H,4,9H2,1-3H3. The molecule has 0 bridgehead atoms. The van der Waals surface area contributed by atoms with Crippen LogP contribution in [0, 0.1) is 0 Å². The Morgan fingerprint density at radius 2 is 2.05 bits per heavy atom. The third-order valence-corrected chi connectivity index (χ3v) is 4.63. The van der Waals surface area contributed by atoms with E-state index in [1.165, 1.54) is 5.56 Å². The van der Waals surface area contributed by atoms with Gasteiger partial charge in [0.25, 0.3) is 0 Å². The van der Waals surface area contributed by atoms with Crippen LogP contribution in [0.4, 0.5) is 5.13 Å². The van der Waals surface area contributed by atoms with Gasteiger partial charge in [-0.1, -0.05) is 35.0 Å². The molecule has 5 heteroatoms. The van der Waals surface area contributed by atoms with Crippen LogP contribution in [0.5, 0.6) is 0 Å². The highest BCUT2D eigenvalue weighted by atomic mass is 79.9. The van der Waals surface area contributed by atoms with Crippen LogP contribution in [-0.4, -0.2) is 18.6 Å². The summed E-state index contributed by atoms with van der Waals surface area (Å²) < 4.78 is 1.11. The molecule has 1 aromatic heterocycles. The minimum atomic E-state index is 0.311. The number of halogens is 1. The maximum atomic E-state index is 4.72. The van der Waals surface area contributed by atoms with Crippen molar-refractivity contribution >= 4 is 32.4 Å². The molecule has 0 aliphatic rings. The predicted molar refractivity (Wildman–Crippen MR) is 90.5 cm³/mol. The second-order valence-corrected chi connectivity index (χ2v) is 6.57. The first-order chi connectivity index (χ1) is 9.60. The number of aromatic nitrogens is 1. The molecule has 1 heterocycles. The van der Waals surface area contributed by atoms with Gasteiger partial charge in [-0.25, -0.2) is 4.98 Å². The number of nitrogens with one attached hydrogen (secondary N) is 1. The largest absolute Gasteiger partial charge is 0.347 e. The fraction of sp³-hybridized carbons (Fsp3) is 0.400. The van der Waals surface area contributed by atoms with Gasteiger partial charge in [0.2, 0.25) is 0 Å². The van der Waals surface area contributed by atoms with E-state index in [1.807, 2.05) is 0 Å². The van der Waals surface area contributed by atoms with E-state index in [0.717, 1.165) is 28.4 Å². The fourth-order valence-electron chi connectivity index (χ4n) is 1.99. The molecular formula is C15H20BrN3S. The van der Waals surface area contributed by atoms with Gasteiger partial charge in [0.15, 0.2) is 5.13 Å². The summed E-state index contributed by atoms with van der Waals surface area (Å²) in [5.74, 6) is 0. The zero-order valence-corrected chi connectivity index (χ0v) is 14.5. The first-order valence-electron chi connectivity index (χ1n) is 6.74. The van der Waals surface area contributed by atoms with Gasteiger partial charge in [0.1, 0.15) is 0 Å². The van der Waals surface area contributed by atoms with Crippen LogP contribution in [0.1, 0.15) is 31.1 Å². The van der Waals surface area contributed by atoms with E-state index in [9.17, 15) is 0 Å². The lowest BCUT2D eigenvalue weighted by Gasteiger charge is -2.16. The Labute approximate surface area is 133 Å². The summed E-state index contributed by atoms with van der Waals surface area (Å²) in [5, 5.41) is 6.59. The van der Waals surface area contributed by atoms with Gasteiger partial charge in [-0.05, 0) is 31.2 Å². The number of benzene rings is 1. The van der Waals surface area contributed by atoms with E-state index in [-0.39, 0.29) is 0 Å². The Hall–Kier alpha value is -0.910. The minimum Gasteiger partial charge on any atom is -0.347 e. The molecule has 0 aliphatic carbocycles. The summed E-state index contributed by atoms with van der Waals surface area (Å²) in [5.41, 5.74) is 2.40. The average molecular weight is 354 g/mol. The topological polar surface area (TPSA) is 28.2 Å². The summed E-state index contributed by atoms with van der Waals surface area (Å²) in [6.07, 6.45) is 0. The third kappa shape index (κ3) is 4.04. The first kappa shape index (κ1) is 15.5. The molecule has 0 aliphatic heterocycles. The van der Waals surface area contributed by atoms with E-state index in [1.54, 1.807) is 11.3 Å². The van der Waals surface area contributed by atoms with Crippen molar-refractivity contribution in [3.05, 3.63) is 45.4 Å². The van der Waals surface area contributed by atoms with Gasteiger partial charge in [0, 0.05) is 29.5 Å². The number of rotatable bonds is 6. The number of anilines is 1. The molecule has 0 saturated heterocycles. The Morgan fingerprint density at radius 3 is 2.70 bits per heavy atom. The van der Waals surface area contributed by atoms with Crippen molar-refractivity contribution in [2.75, 3.05) is 18.5 Å². The average Bonchev–Trinajstić information content (AvgIpc) is 2.91. The predicted octanol–water partition coefficient (Wildman–Crippen LogP) is 4.21. The van der Waals surface area contributed by atoms with Gasteiger partial charge in [-0.3, -0.25) is 0 Å². The molecule has 2 aromatic rings. The molecule has 20 heavy (non-hydrogen) atoms. The van der Waals surface area contributed by atoms with Crippen LogP contribution in [0.25, 0.3) is 0 Å². The second kappa shape index (κ2) is 7.20. The van der Waals surface area contributed by atoms with Crippen molar-refractivity contribution in [3.63, 3.8) is 0 Å². The Balaban J connectivity index is 2.02.